The fourth-order valence-corrected chi connectivity index (χ4v) is 5.01. The van der Waals surface area contributed by atoms with Gasteiger partial charge in [-0.1, -0.05) is 60.1 Å². The van der Waals surface area contributed by atoms with Crippen LogP contribution in [0.25, 0.3) is 10.8 Å². The Morgan fingerprint density at radius 3 is 2.41 bits per heavy atom. The van der Waals surface area contributed by atoms with E-state index in [2.05, 4.69) is 71.6 Å². The van der Waals surface area contributed by atoms with Gasteiger partial charge in [0.25, 0.3) is 0 Å². The first-order valence-electron chi connectivity index (χ1n) is 10.9. The predicted molar refractivity (Wildman–Crippen MR) is 131 cm³/mol. The number of methoxy groups -OCH3 is 2. The van der Waals surface area contributed by atoms with Crippen molar-refractivity contribution in [3.05, 3.63) is 106 Å². The Morgan fingerprint density at radius 1 is 0.844 bits per heavy atom. The lowest BCUT2D eigenvalue weighted by Crippen LogP contribution is -2.35. The van der Waals surface area contributed by atoms with Crippen LogP contribution in [0.15, 0.2) is 78.9 Å². The van der Waals surface area contributed by atoms with E-state index in [1.54, 1.807) is 14.2 Å². The number of nitrogens with zero attached hydrogens (tertiary/aromatic N) is 1. The van der Waals surface area contributed by atoms with Crippen molar-refractivity contribution in [3.63, 3.8) is 0 Å². The van der Waals surface area contributed by atoms with Crippen LogP contribution in [0, 0.1) is 0 Å². The van der Waals surface area contributed by atoms with Gasteiger partial charge in [-0.3, -0.25) is 4.90 Å². The summed E-state index contributed by atoms with van der Waals surface area (Å²) in [7, 11) is 3.38. The highest BCUT2D eigenvalue weighted by molar-refractivity contribution is 6.30. The van der Waals surface area contributed by atoms with Crippen LogP contribution >= 0.6 is 11.6 Å². The van der Waals surface area contributed by atoms with E-state index in [0.29, 0.717) is 0 Å². The molecule has 0 fully saturated rings. The maximum Gasteiger partial charge on any atom is 0.161 e. The van der Waals surface area contributed by atoms with Crippen molar-refractivity contribution in [2.75, 3.05) is 20.8 Å². The average molecular weight is 444 g/mol. The van der Waals surface area contributed by atoms with Gasteiger partial charge < -0.3 is 9.47 Å². The number of rotatable bonds is 5. The molecule has 1 aliphatic rings. The highest BCUT2D eigenvalue weighted by atomic mass is 35.5. The molecule has 0 saturated heterocycles. The van der Waals surface area contributed by atoms with Crippen LogP contribution in [0.4, 0.5) is 0 Å². The summed E-state index contributed by atoms with van der Waals surface area (Å²) in [6.07, 6.45) is 0.959. The maximum absolute atomic E-state index is 6.41. The van der Waals surface area contributed by atoms with Crippen molar-refractivity contribution < 1.29 is 9.47 Å². The lowest BCUT2D eigenvalue weighted by molar-refractivity contribution is 0.203. The van der Waals surface area contributed by atoms with Crippen LogP contribution in [0.2, 0.25) is 5.02 Å². The monoisotopic (exact) mass is 443 g/mol. The van der Waals surface area contributed by atoms with Crippen LogP contribution in [-0.2, 0) is 13.0 Å². The van der Waals surface area contributed by atoms with Gasteiger partial charge in [-0.15, -0.1) is 0 Å². The molecular weight excluding hydrogens is 418 g/mol. The summed E-state index contributed by atoms with van der Waals surface area (Å²) in [4.78, 5) is 2.53. The molecule has 0 aliphatic carbocycles. The molecule has 0 N–H and O–H groups in total. The fraction of sp³-hybridized carbons (Fsp3) is 0.214. The molecule has 5 rings (SSSR count). The van der Waals surface area contributed by atoms with E-state index in [9.17, 15) is 0 Å². The summed E-state index contributed by atoms with van der Waals surface area (Å²) in [5.41, 5.74) is 5.03. The lowest BCUT2D eigenvalue weighted by atomic mass is 9.87. The molecule has 0 saturated carbocycles. The summed E-state index contributed by atoms with van der Waals surface area (Å²) in [6.45, 7) is 1.81. The number of halogens is 1. The van der Waals surface area contributed by atoms with Gasteiger partial charge in [-0.25, -0.2) is 0 Å². The van der Waals surface area contributed by atoms with Gasteiger partial charge in [0.15, 0.2) is 11.5 Å². The quantitative estimate of drug-likeness (QED) is 0.344. The molecule has 0 amide bonds. The van der Waals surface area contributed by atoms with Crippen LogP contribution in [0.3, 0.4) is 0 Å². The maximum atomic E-state index is 6.41. The zero-order chi connectivity index (χ0) is 22.1. The average Bonchev–Trinajstić information content (AvgIpc) is 2.83. The van der Waals surface area contributed by atoms with E-state index in [0.717, 1.165) is 36.0 Å². The fourth-order valence-electron chi connectivity index (χ4n) is 4.81. The number of fused-ring (bicyclic) bond motifs is 2. The molecule has 4 heteroatoms. The lowest BCUT2D eigenvalue weighted by Gasteiger charge is -2.38. The summed E-state index contributed by atoms with van der Waals surface area (Å²) in [6, 6.07) is 27.8. The molecule has 32 heavy (non-hydrogen) atoms. The Kier molecular flexibility index (Phi) is 5.77. The molecule has 0 aromatic heterocycles. The molecule has 0 spiro atoms. The first kappa shape index (κ1) is 20.9. The van der Waals surface area contributed by atoms with E-state index >= 15 is 0 Å². The Labute approximate surface area is 194 Å². The first-order chi connectivity index (χ1) is 15.7. The Morgan fingerprint density at radius 2 is 1.62 bits per heavy atom. The molecule has 4 aromatic rings. The molecule has 4 aromatic carbocycles. The van der Waals surface area contributed by atoms with Crippen LogP contribution in [0.1, 0.15) is 28.3 Å². The van der Waals surface area contributed by atoms with Gasteiger partial charge in [0.1, 0.15) is 0 Å². The number of benzene rings is 4. The third-order valence-electron chi connectivity index (χ3n) is 6.34. The molecule has 162 valence electrons. The minimum atomic E-state index is 0.0868. The van der Waals surface area contributed by atoms with Crippen molar-refractivity contribution in [2.24, 2.45) is 0 Å². The van der Waals surface area contributed by atoms with Crippen LogP contribution in [-0.4, -0.2) is 25.7 Å². The van der Waals surface area contributed by atoms with Crippen molar-refractivity contribution in [1.29, 1.82) is 0 Å². The van der Waals surface area contributed by atoms with Gasteiger partial charge in [-0.05, 0) is 69.8 Å². The molecule has 0 bridgehead atoms. The third-order valence-corrected chi connectivity index (χ3v) is 6.57. The zero-order valence-corrected chi connectivity index (χ0v) is 19.1. The minimum absolute atomic E-state index is 0.0868. The van der Waals surface area contributed by atoms with Crippen LogP contribution in [0.5, 0.6) is 11.5 Å². The second-order valence-electron chi connectivity index (χ2n) is 8.27. The van der Waals surface area contributed by atoms with E-state index in [-0.39, 0.29) is 6.04 Å². The van der Waals surface area contributed by atoms with E-state index in [4.69, 9.17) is 21.1 Å². The summed E-state index contributed by atoms with van der Waals surface area (Å²) in [5, 5.41) is 3.29. The highest BCUT2D eigenvalue weighted by Gasteiger charge is 2.30. The van der Waals surface area contributed by atoms with Crippen LogP contribution < -0.4 is 9.47 Å². The molecule has 1 unspecified atom stereocenters. The van der Waals surface area contributed by atoms with Gasteiger partial charge >= 0.3 is 0 Å². The van der Waals surface area contributed by atoms with Gasteiger partial charge in [-0.2, -0.15) is 0 Å². The summed E-state index contributed by atoms with van der Waals surface area (Å²) in [5.74, 6) is 1.53. The van der Waals surface area contributed by atoms with Crippen molar-refractivity contribution in [1.82, 2.24) is 4.90 Å². The molecule has 1 atom stereocenters. The first-order valence-corrected chi connectivity index (χ1v) is 11.3. The number of hydrogen-bond donors (Lipinski definition) is 0. The largest absolute Gasteiger partial charge is 0.493 e. The van der Waals surface area contributed by atoms with Crippen molar-refractivity contribution in [3.8, 4) is 11.5 Å². The smallest absolute Gasteiger partial charge is 0.161 e. The van der Waals surface area contributed by atoms with Gasteiger partial charge in [0.05, 0.1) is 20.3 Å². The Balaban J connectivity index is 1.58. The second-order valence-corrected chi connectivity index (χ2v) is 8.70. The van der Waals surface area contributed by atoms with Gasteiger partial charge in [0.2, 0.25) is 0 Å². The SMILES string of the molecule is COc1cc2c(cc1OC)C(c1cccc(Cl)c1)N(Cc1ccc3ccccc3c1)CC2. The third kappa shape index (κ3) is 3.94. The topological polar surface area (TPSA) is 21.7 Å². The van der Waals surface area contributed by atoms with E-state index < -0.39 is 0 Å². The second kappa shape index (κ2) is 8.85. The Bertz CT molecular complexity index is 1270. The molecule has 3 nitrogen and oxygen atoms in total. The Hall–Kier alpha value is -3.01. The highest BCUT2D eigenvalue weighted by Crippen LogP contribution is 2.42. The van der Waals surface area contributed by atoms with Crippen molar-refractivity contribution >= 4 is 22.4 Å². The molecule has 1 aliphatic heterocycles. The molecule has 1 heterocycles. The normalized spacial score (nSPS) is 16.0. The molecular formula is C28H26ClNO2. The predicted octanol–water partition coefficient (Wildman–Crippen LogP) is 6.66. The summed E-state index contributed by atoms with van der Waals surface area (Å²) < 4.78 is 11.2. The zero-order valence-electron chi connectivity index (χ0n) is 18.3. The van der Waals surface area contributed by atoms with E-state index in [1.807, 2.05) is 12.1 Å². The summed E-state index contributed by atoms with van der Waals surface area (Å²) >= 11 is 6.41. The van der Waals surface area contributed by atoms with Gasteiger partial charge in [0, 0.05) is 18.1 Å². The molecule has 0 radical (unpaired) electrons. The number of ether oxygens (including phenoxy) is 2. The van der Waals surface area contributed by atoms with E-state index in [1.165, 1.54) is 33.0 Å². The van der Waals surface area contributed by atoms with Crippen molar-refractivity contribution in [2.45, 2.75) is 19.0 Å². The standard InChI is InChI=1S/C28H26ClNO2/c1-31-26-16-22-12-13-30(18-19-10-11-20-6-3-4-7-21(20)14-19)28(25(22)17-27(26)32-2)23-8-5-9-24(29)15-23/h3-11,14-17,28H,12-13,18H2,1-2H3. The minimum Gasteiger partial charge on any atom is -0.493 e. The number of hydrogen-bond acceptors (Lipinski definition) is 3.